The number of phenolic OH excluding ortho intramolecular Hbond substituents is 1. The van der Waals surface area contributed by atoms with Gasteiger partial charge in [0.25, 0.3) is 5.91 Å². The van der Waals surface area contributed by atoms with Crippen LogP contribution in [0, 0.1) is 0 Å². The highest BCUT2D eigenvalue weighted by atomic mass is 32.2. The number of carbonyl (C=O) groups excluding carboxylic acids is 1. The molecule has 21 heavy (non-hydrogen) atoms. The lowest BCUT2D eigenvalue weighted by Crippen LogP contribution is -2.16. The molecule has 0 radical (unpaired) electrons. The van der Waals surface area contributed by atoms with Gasteiger partial charge in [-0.1, -0.05) is 0 Å². The van der Waals surface area contributed by atoms with E-state index < -0.39 is 11.9 Å². The van der Waals surface area contributed by atoms with Gasteiger partial charge >= 0.3 is 5.97 Å². The van der Waals surface area contributed by atoms with Crippen LogP contribution in [-0.2, 0) is 0 Å². The maximum Gasteiger partial charge on any atom is 0.337 e. The average Bonchev–Trinajstić information content (AvgIpc) is 2.48. The van der Waals surface area contributed by atoms with Gasteiger partial charge in [-0.15, -0.1) is 11.8 Å². The quantitative estimate of drug-likeness (QED) is 0.592. The fourth-order valence-electron chi connectivity index (χ4n) is 1.73. The van der Waals surface area contributed by atoms with E-state index in [0.717, 1.165) is 6.07 Å². The van der Waals surface area contributed by atoms with Gasteiger partial charge in [0.15, 0.2) is 0 Å². The first-order chi connectivity index (χ1) is 10.0. The lowest BCUT2D eigenvalue weighted by atomic mass is 10.1. The minimum absolute atomic E-state index is 0.112. The largest absolute Gasteiger partial charge is 0.508 e. The Morgan fingerprint density at radius 1 is 1.24 bits per heavy atom. The minimum Gasteiger partial charge on any atom is -0.508 e. The van der Waals surface area contributed by atoms with Crippen LogP contribution in [0.4, 0.5) is 5.69 Å². The highest BCUT2D eigenvalue weighted by Gasteiger charge is 2.16. The molecule has 0 fully saturated rings. The predicted octanol–water partition coefficient (Wildman–Crippen LogP) is 2.46. The summed E-state index contributed by atoms with van der Waals surface area (Å²) in [6.45, 7) is 0. The summed E-state index contributed by atoms with van der Waals surface area (Å²) in [6, 6.07) is 6.96. The van der Waals surface area contributed by atoms with E-state index in [2.05, 4.69) is 10.3 Å². The van der Waals surface area contributed by atoms with E-state index >= 15 is 0 Å². The van der Waals surface area contributed by atoms with E-state index in [0.29, 0.717) is 10.6 Å². The molecule has 2 rings (SSSR count). The minimum atomic E-state index is -1.24. The molecule has 1 amide bonds. The number of aromatic hydroxyl groups is 1. The zero-order valence-electron chi connectivity index (χ0n) is 11.0. The van der Waals surface area contributed by atoms with Crippen molar-refractivity contribution in [1.29, 1.82) is 0 Å². The van der Waals surface area contributed by atoms with E-state index in [9.17, 15) is 14.7 Å². The highest BCUT2D eigenvalue weighted by molar-refractivity contribution is 7.98. The molecule has 0 aliphatic heterocycles. The molecule has 1 aromatic carbocycles. The zero-order valence-corrected chi connectivity index (χ0v) is 11.8. The Bertz CT molecular complexity index is 703. The number of nitrogens with one attached hydrogen (secondary N) is 1. The van der Waals surface area contributed by atoms with Crippen molar-refractivity contribution in [3.8, 4) is 5.75 Å². The van der Waals surface area contributed by atoms with Gasteiger partial charge in [-0.3, -0.25) is 4.79 Å². The molecule has 0 aliphatic carbocycles. The van der Waals surface area contributed by atoms with Gasteiger partial charge in [0.05, 0.1) is 16.8 Å². The molecule has 108 valence electrons. The van der Waals surface area contributed by atoms with Crippen LogP contribution in [0.2, 0.25) is 0 Å². The number of hydrogen-bond acceptors (Lipinski definition) is 5. The Balaban J connectivity index is 2.34. The van der Waals surface area contributed by atoms with Crippen molar-refractivity contribution >= 4 is 29.3 Å². The predicted molar refractivity (Wildman–Crippen MR) is 79.0 cm³/mol. The molecule has 3 N–H and O–H groups in total. The van der Waals surface area contributed by atoms with Crippen LogP contribution < -0.4 is 5.32 Å². The number of phenols is 1. The van der Waals surface area contributed by atoms with Gasteiger partial charge < -0.3 is 15.5 Å². The smallest absolute Gasteiger partial charge is 0.337 e. The highest BCUT2D eigenvalue weighted by Crippen LogP contribution is 2.23. The monoisotopic (exact) mass is 304 g/mol. The number of hydrogen-bond donors (Lipinski definition) is 3. The second-order valence-corrected chi connectivity index (χ2v) is 4.84. The Labute approximate surface area is 124 Å². The first kappa shape index (κ1) is 14.9. The van der Waals surface area contributed by atoms with Gasteiger partial charge in [0.1, 0.15) is 10.8 Å². The van der Waals surface area contributed by atoms with Gasteiger partial charge in [0.2, 0.25) is 0 Å². The van der Waals surface area contributed by atoms with Crippen LogP contribution in [0.1, 0.15) is 20.7 Å². The summed E-state index contributed by atoms with van der Waals surface area (Å²) >= 11 is 1.32. The molecule has 0 bridgehead atoms. The second kappa shape index (κ2) is 6.27. The molecular formula is C14H12N2O4S. The molecule has 0 saturated carbocycles. The number of aromatic nitrogens is 1. The third-order valence-corrected chi connectivity index (χ3v) is 3.40. The molecule has 0 spiro atoms. The fourth-order valence-corrected chi connectivity index (χ4v) is 2.28. The van der Waals surface area contributed by atoms with Crippen LogP contribution in [0.5, 0.6) is 5.75 Å². The van der Waals surface area contributed by atoms with Crippen molar-refractivity contribution in [3.05, 3.63) is 47.7 Å². The molecule has 2 aromatic rings. The van der Waals surface area contributed by atoms with E-state index in [-0.39, 0.29) is 17.0 Å². The maximum absolute atomic E-state index is 12.2. The summed E-state index contributed by atoms with van der Waals surface area (Å²) in [7, 11) is 0. The standard InChI is InChI=1S/C14H12N2O4S/c1-21-13-9(3-2-6-15-13)12(18)16-11-5-4-8(17)7-10(11)14(19)20/h2-7,17H,1H3,(H,16,18)(H,19,20). The van der Waals surface area contributed by atoms with Crippen molar-refractivity contribution in [2.24, 2.45) is 0 Å². The van der Waals surface area contributed by atoms with Crippen molar-refractivity contribution in [1.82, 2.24) is 4.98 Å². The van der Waals surface area contributed by atoms with Crippen LogP contribution in [-0.4, -0.2) is 33.3 Å². The van der Waals surface area contributed by atoms with E-state index in [1.54, 1.807) is 24.6 Å². The summed E-state index contributed by atoms with van der Waals surface area (Å²) in [4.78, 5) is 27.4. The average molecular weight is 304 g/mol. The Morgan fingerprint density at radius 2 is 2.00 bits per heavy atom. The zero-order chi connectivity index (χ0) is 15.4. The topological polar surface area (TPSA) is 99.5 Å². The Hall–Kier alpha value is -2.54. The molecule has 0 unspecified atom stereocenters. The number of nitrogens with zero attached hydrogens (tertiary/aromatic N) is 1. The van der Waals surface area contributed by atoms with Crippen LogP contribution in [0.15, 0.2) is 41.6 Å². The Morgan fingerprint density at radius 3 is 2.67 bits per heavy atom. The number of amides is 1. The molecule has 1 heterocycles. The number of thioether (sulfide) groups is 1. The molecular weight excluding hydrogens is 292 g/mol. The third-order valence-electron chi connectivity index (χ3n) is 2.69. The van der Waals surface area contributed by atoms with Gasteiger partial charge in [-0.25, -0.2) is 9.78 Å². The molecule has 0 atom stereocenters. The van der Waals surface area contributed by atoms with Gasteiger partial charge in [0, 0.05) is 6.20 Å². The van der Waals surface area contributed by atoms with E-state index in [4.69, 9.17) is 5.11 Å². The number of aromatic carboxylic acids is 1. The van der Waals surface area contributed by atoms with Gasteiger partial charge in [-0.05, 0) is 36.6 Å². The maximum atomic E-state index is 12.2. The number of anilines is 1. The molecule has 6 nitrogen and oxygen atoms in total. The van der Waals surface area contributed by atoms with Crippen LogP contribution in [0.25, 0.3) is 0 Å². The Kier molecular flexibility index (Phi) is 4.44. The summed E-state index contributed by atoms with van der Waals surface area (Å²) in [5.74, 6) is -1.88. The SMILES string of the molecule is CSc1ncccc1C(=O)Nc1ccc(O)cc1C(=O)O. The number of carboxylic acids is 1. The van der Waals surface area contributed by atoms with Crippen LogP contribution in [0.3, 0.4) is 0 Å². The van der Waals surface area contributed by atoms with Gasteiger partial charge in [-0.2, -0.15) is 0 Å². The molecule has 1 aromatic heterocycles. The van der Waals surface area contributed by atoms with Crippen molar-refractivity contribution in [3.63, 3.8) is 0 Å². The normalized spacial score (nSPS) is 10.1. The number of pyridine rings is 1. The summed E-state index contributed by atoms with van der Waals surface area (Å²) in [6.07, 6.45) is 3.37. The van der Waals surface area contributed by atoms with E-state index in [1.807, 2.05) is 0 Å². The third kappa shape index (κ3) is 3.32. The number of benzene rings is 1. The number of carbonyl (C=O) groups is 2. The van der Waals surface area contributed by atoms with E-state index in [1.165, 1.54) is 23.9 Å². The lowest BCUT2D eigenvalue weighted by molar-refractivity contribution is 0.0697. The number of rotatable bonds is 4. The summed E-state index contributed by atoms with van der Waals surface area (Å²) in [5.41, 5.74) is 0.286. The molecule has 0 saturated heterocycles. The molecule has 0 aliphatic rings. The number of carboxylic acid groups (broad SMARTS) is 1. The van der Waals surface area contributed by atoms with Crippen molar-refractivity contribution < 1.29 is 19.8 Å². The first-order valence-corrected chi connectivity index (χ1v) is 7.12. The first-order valence-electron chi connectivity index (χ1n) is 5.89. The second-order valence-electron chi connectivity index (χ2n) is 4.05. The van der Waals surface area contributed by atoms with Crippen molar-refractivity contribution in [2.45, 2.75) is 5.03 Å². The fraction of sp³-hybridized carbons (Fsp3) is 0.0714. The van der Waals surface area contributed by atoms with Crippen LogP contribution >= 0.6 is 11.8 Å². The van der Waals surface area contributed by atoms with Crippen molar-refractivity contribution in [2.75, 3.05) is 11.6 Å². The molecule has 7 heteroatoms. The lowest BCUT2D eigenvalue weighted by Gasteiger charge is -2.10. The summed E-state index contributed by atoms with van der Waals surface area (Å²) in [5, 5.41) is 21.5. The summed E-state index contributed by atoms with van der Waals surface area (Å²) < 4.78 is 0.